The third kappa shape index (κ3) is 5.88. The van der Waals surface area contributed by atoms with Gasteiger partial charge in [0.1, 0.15) is 11.8 Å². The molecule has 1 heterocycles. The van der Waals surface area contributed by atoms with E-state index in [1.807, 2.05) is 38.2 Å². The minimum Gasteiger partial charge on any atom is -0.496 e. The summed E-state index contributed by atoms with van der Waals surface area (Å²) in [7, 11) is 3.41. The zero-order valence-corrected chi connectivity index (χ0v) is 22.4. The van der Waals surface area contributed by atoms with Crippen molar-refractivity contribution in [2.75, 3.05) is 43.6 Å². The number of hydrogen-bond acceptors (Lipinski definition) is 7. The Morgan fingerprint density at radius 3 is 2.56 bits per heavy atom. The second-order valence-corrected chi connectivity index (χ2v) is 9.59. The number of benzene rings is 3. The van der Waals surface area contributed by atoms with Gasteiger partial charge in [-0.15, -0.1) is 0 Å². The Bertz CT molecular complexity index is 1380. The number of nitrogens with two attached hydrogens (primary N) is 1. The van der Waals surface area contributed by atoms with E-state index in [4.69, 9.17) is 10.5 Å². The zero-order chi connectivity index (χ0) is 28.1. The molecule has 0 aliphatic carbocycles. The lowest BCUT2D eigenvalue weighted by molar-refractivity contribution is -0.120. The van der Waals surface area contributed by atoms with Gasteiger partial charge < -0.3 is 36.0 Å². The minimum absolute atomic E-state index is 0.103. The first-order valence-electron chi connectivity index (χ1n) is 12.9. The number of ether oxygens (including phenoxy) is 1. The molecule has 3 aromatic rings. The molecule has 5 N–H and O–H groups in total. The second kappa shape index (κ2) is 12.2. The van der Waals surface area contributed by atoms with Crippen molar-refractivity contribution < 1.29 is 24.2 Å². The molecule has 39 heavy (non-hydrogen) atoms. The standard InChI is InChI=1S/C29H35N5O5/c1-18(31-2)15-32-23-17-33(27(35)12-13-30)24-6-4-5-7-25(24)34(28(23)36)16-22-21-10-8-20(29(37)38)14-19(21)9-11-26(22)39-3/h4-11,14,18,23,31-32H,12-13,15-17,30H2,1-3H3,(H,37,38)/t18-,23-/m0/s1. The van der Waals surface area contributed by atoms with Gasteiger partial charge in [-0.1, -0.05) is 24.3 Å². The number of nitrogens with one attached hydrogen (secondary N) is 2. The topological polar surface area (TPSA) is 137 Å². The summed E-state index contributed by atoms with van der Waals surface area (Å²) < 4.78 is 5.68. The smallest absolute Gasteiger partial charge is 0.335 e. The van der Waals surface area contributed by atoms with Crippen LogP contribution in [0.25, 0.3) is 10.8 Å². The molecule has 0 bridgehead atoms. The molecule has 10 heteroatoms. The molecule has 4 rings (SSSR count). The summed E-state index contributed by atoms with van der Waals surface area (Å²) in [5.74, 6) is -0.783. The number of hydrogen-bond donors (Lipinski definition) is 4. The van der Waals surface area contributed by atoms with Crippen LogP contribution in [-0.4, -0.2) is 68.8 Å². The number of para-hydroxylation sites is 2. The number of amides is 2. The summed E-state index contributed by atoms with van der Waals surface area (Å²) in [5, 5.41) is 17.5. The Hall–Kier alpha value is -3.99. The number of carbonyl (C=O) groups excluding carboxylic acids is 2. The summed E-state index contributed by atoms with van der Waals surface area (Å²) in [6, 6.07) is 15.2. The average molecular weight is 534 g/mol. The van der Waals surface area contributed by atoms with Gasteiger partial charge in [0, 0.05) is 31.1 Å². The number of fused-ring (bicyclic) bond motifs is 2. The Morgan fingerprint density at radius 2 is 1.90 bits per heavy atom. The molecule has 0 aromatic heterocycles. The van der Waals surface area contributed by atoms with Crippen molar-refractivity contribution in [2.24, 2.45) is 5.73 Å². The quantitative estimate of drug-likeness (QED) is 0.312. The third-order valence-corrected chi connectivity index (χ3v) is 7.09. The number of aromatic carboxylic acids is 1. The van der Waals surface area contributed by atoms with Crippen LogP contribution < -0.4 is 30.9 Å². The van der Waals surface area contributed by atoms with E-state index in [2.05, 4.69) is 10.6 Å². The Kier molecular flexibility index (Phi) is 8.80. The normalized spacial score (nSPS) is 16.1. The van der Waals surface area contributed by atoms with Crippen LogP contribution in [0.2, 0.25) is 0 Å². The fraction of sp³-hybridized carbons (Fsp3) is 0.345. The Morgan fingerprint density at radius 1 is 1.15 bits per heavy atom. The number of likely N-dealkylation sites (N-methyl/N-ethyl adjacent to an activating group) is 1. The predicted molar refractivity (Wildman–Crippen MR) is 151 cm³/mol. The predicted octanol–water partition coefficient (Wildman–Crippen LogP) is 2.34. The van der Waals surface area contributed by atoms with Gasteiger partial charge in [-0.25, -0.2) is 4.79 Å². The van der Waals surface area contributed by atoms with Crippen molar-refractivity contribution >= 4 is 39.9 Å². The van der Waals surface area contributed by atoms with E-state index in [1.165, 1.54) is 0 Å². The van der Waals surface area contributed by atoms with Gasteiger partial charge in [0.25, 0.3) is 0 Å². The molecule has 0 spiro atoms. The average Bonchev–Trinajstić information content (AvgIpc) is 3.06. The summed E-state index contributed by atoms with van der Waals surface area (Å²) in [6.07, 6.45) is 0.158. The molecule has 0 saturated carbocycles. The van der Waals surface area contributed by atoms with Crippen molar-refractivity contribution in [2.45, 2.75) is 32.0 Å². The fourth-order valence-electron chi connectivity index (χ4n) is 4.84. The van der Waals surface area contributed by atoms with Crippen LogP contribution in [0.3, 0.4) is 0 Å². The van der Waals surface area contributed by atoms with Crippen molar-refractivity contribution in [3.05, 3.63) is 65.7 Å². The monoisotopic (exact) mass is 533 g/mol. The van der Waals surface area contributed by atoms with Gasteiger partial charge >= 0.3 is 5.97 Å². The highest BCUT2D eigenvalue weighted by molar-refractivity contribution is 6.07. The van der Waals surface area contributed by atoms with Crippen LogP contribution >= 0.6 is 0 Å². The highest BCUT2D eigenvalue weighted by Crippen LogP contribution is 2.37. The van der Waals surface area contributed by atoms with E-state index < -0.39 is 12.0 Å². The number of carboxylic acid groups (broad SMARTS) is 1. The van der Waals surface area contributed by atoms with Gasteiger partial charge in [-0.05, 0) is 55.1 Å². The highest BCUT2D eigenvalue weighted by atomic mass is 16.5. The minimum atomic E-state index is -1.02. The highest BCUT2D eigenvalue weighted by Gasteiger charge is 2.36. The van der Waals surface area contributed by atoms with Crippen molar-refractivity contribution in [3.8, 4) is 5.75 Å². The van der Waals surface area contributed by atoms with Crippen molar-refractivity contribution in [1.82, 2.24) is 10.6 Å². The molecule has 206 valence electrons. The van der Waals surface area contributed by atoms with Crippen LogP contribution in [0.5, 0.6) is 5.75 Å². The lowest BCUT2D eigenvalue weighted by Crippen LogP contribution is -2.53. The van der Waals surface area contributed by atoms with Crippen LogP contribution in [0.4, 0.5) is 11.4 Å². The second-order valence-electron chi connectivity index (χ2n) is 9.59. The summed E-state index contributed by atoms with van der Waals surface area (Å²) >= 11 is 0. The molecular formula is C29H35N5O5. The van der Waals surface area contributed by atoms with E-state index in [0.29, 0.717) is 23.7 Å². The van der Waals surface area contributed by atoms with E-state index >= 15 is 0 Å². The number of carboxylic acids is 1. The first kappa shape index (κ1) is 28.0. The number of methoxy groups -OCH3 is 1. The van der Waals surface area contributed by atoms with Crippen LogP contribution in [0.1, 0.15) is 29.3 Å². The molecule has 10 nitrogen and oxygen atoms in total. The van der Waals surface area contributed by atoms with Gasteiger partial charge in [-0.2, -0.15) is 0 Å². The third-order valence-electron chi connectivity index (χ3n) is 7.09. The van der Waals surface area contributed by atoms with Crippen molar-refractivity contribution in [1.29, 1.82) is 0 Å². The maximum absolute atomic E-state index is 14.2. The number of nitrogens with zero attached hydrogens (tertiary/aromatic N) is 2. The summed E-state index contributed by atoms with van der Waals surface area (Å²) in [5.41, 5.74) is 7.85. The van der Waals surface area contributed by atoms with E-state index in [1.54, 1.807) is 47.2 Å². The van der Waals surface area contributed by atoms with Crippen molar-refractivity contribution in [3.63, 3.8) is 0 Å². The summed E-state index contributed by atoms with van der Waals surface area (Å²) in [6.45, 7) is 3.04. The SMILES string of the molecule is CN[C@@H](C)CN[C@H]1CN(C(=O)CCN)c2ccccc2N(Cc2c(OC)ccc3cc(C(=O)O)ccc23)C1=O. The molecule has 0 unspecified atom stereocenters. The fourth-order valence-corrected chi connectivity index (χ4v) is 4.84. The van der Waals surface area contributed by atoms with Crippen LogP contribution in [-0.2, 0) is 16.1 Å². The molecule has 2 atom stereocenters. The first-order chi connectivity index (χ1) is 18.8. The molecule has 0 fully saturated rings. The van der Waals surface area contributed by atoms with Gasteiger partial charge in [0.2, 0.25) is 11.8 Å². The lowest BCUT2D eigenvalue weighted by Gasteiger charge is -2.27. The molecule has 0 radical (unpaired) electrons. The molecule has 1 aliphatic heterocycles. The van der Waals surface area contributed by atoms with Gasteiger partial charge in [0.15, 0.2) is 0 Å². The van der Waals surface area contributed by atoms with Crippen LogP contribution in [0.15, 0.2) is 54.6 Å². The maximum atomic E-state index is 14.2. The zero-order valence-electron chi connectivity index (χ0n) is 22.4. The Labute approximate surface area is 227 Å². The van der Waals surface area contributed by atoms with Crippen LogP contribution in [0, 0.1) is 0 Å². The largest absolute Gasteiger partial charge is 0.496 e. The van der Waals surface area contributed by atoms with E-state index in [0.717, 1.165) is 16.3 Å². The molecule has 1 aliphatic rings. The number of rotatable bonds is 10. The maximum Gasteiger partial charge on any atom is 0.335 e. The number of carbonyl (C=O) groups is 3. The molecule has 3 aromatic carbocycles. The van der Waals surface area contributed by atoms with E-state index in [-0.39, 0.29) is 49.5 Å². The summed E-state index contributed by atoms with van der Waals surface area (Å²) in [4.78, 5) is 42.3. The van der Waals surface area contributed by atoms with E-state index in [9.17, 15) is 19.5 Å². The first-order valence-corrected chi connectivity index (χ1v) is 12.9. The van der Waals surface area contributed by atoms with Gasteiger partial charge in [-0.3, -0.25) is 9.59 Å². The van der Waals surface area contributed by atoms with Gasteiger partial charge in [0.05, 0.1) is 37.1 Å². The molecular weight excluding hydrogens is 498 g/mol. The molecule has 2 amide bonds. The lowest BCUT2D eigenvalue weighted by atomic mass is 10.00. The molecule has 0 saturated heterocycles. The Balaban J connectivity index is 1.84. The number of anilines is 2.